The molecule has 1 spiro atoms. The van der Waals surface area contributed by atoms with Gasteiger partial charge >= 0.3 is 0 Å². The molecule has 0 fully saturated rings. The lowest BCUT2D eigenvalue weighted by Gasteiger charge is -2.50. The summed E-state index contributed by atoms with van der Waals surface area (Å²) < 4.78 is 6.88. The molecule has 1 heterocycles. The van der Waals surface area contributed by atoms with Crippen LogP contribution in [0.2, 0.25) is 0 Å². The smallest absolute Gasteiger partial charge is 0.132 e. The summed E-state index contributed by atoms with van der Waals surface area (Å²) >= 11 is 0. The Balaban J connectivity index is 1.36. The highest BCUT2D eigenvalue weighted by Crippen LogP contribution is 2.63. The monoisotopic (exact) mass is 525 g/mol. The third kappa shape index (κ3) is 3.24. The van der Waals surface area contributed by atoms with E-state index in [1.807, 2.05) is 24.3 Å². The van der Waals surface area contributed by atoms with Crippen LogP contribution in [-0.4, -0.2) is 5.60 Å². The van der Waals surface area contributed by atoms with E-state index < -0.39 is 11.0 Å². The van der Waals surface area contributed by atoms with Crippen LogP contribution in [0.5, 0.6) is 5.75 Å². The number of ether oxygens (including phenoxy) is 1. The van der Waals surface area contributed by atoms with Crippen molar-refractivity contribution in [1.29, 1.82) is 5.26 Å². The normalized spacial score (nSPS) is 18.8. The molecule has 41 heavy (non-hydrogen) atoms. The number of hydrogen-bond donors (Lipinski definition) is 0. The number of nitrogens with zero attached hydrogens (tertiary/aromatic N) is 1. The van der Waals surface area contributed by atoms with Crippen LogP contribution in [0.1, 0.15) is 35.6 Å². The minimum atomic E-state index is -0.442. The van der Waals surface area contributed by atoms with E-state index in [1.165, 1.54) is 33.4 Å². The third-order valence-corrected chi connectivity index (χ3v) is 9.13. The quantitative estimate of drug-likeness (QED) is 0.230. The van der Waals surface area contributed by atoms with E-state index in [4.69, 9.17) is 4.74 Å². The molecule has 0 radical (unpaired) electrons. The first-order chi connectivity index (χ1) is 20.1. The molecule has 2 nitrogen and oxygen atoms in total. The molecule has 3 aliphatic rings. The first kappa shape index (κ1) is 23.7. The second-order valence-corrected chi connectivity index (χ2v) is 11.3. The van der Waals surface area contributed by atoms with Crippen molar-refractivity contribution < 1.29 is 4.74 Å². The lowest BCUT2D eigenvalue weighted by molar-refractivity contribution is 0.102. The lowest BCUT2D eigenvalue weighted by Crippen LogP contribution is -2.50. The topological polar surface area (TPSA) is 33.0 Å². The second-order valence-electron chi connectivity index (χ2n) is 11.3. The summed E-state index contributed by atoms with van der Waals surface area (Å²) in [6, 6.07) is 43.0. The van der Waals surface area contributed by atoms with Gasteiger partial charge < -0.3 is 4.74 Å². The molecule has 0 amide bonds. The van der Waals surface area contributed by atoms with Crippen LogP contribution >= 0.6 is 0 Å². The second kappa shape index (κ2) is 8.68. The van der Waals surface area contributed by atoms with Crippen LogP contribution in [0.25, 0.3) is 33.4 Å². The van der Waals surface area contributed by atoms with Gasteiger partial charge in [-0.25, -0.2) is 0 Å². The number of allylic oxidation sites excluding steroid dienone is 2. The predicted octanol–water partition coefficient (Wildman–Crippen LogP) is 9.24. The Morgan fingerprint density at radius 3 is 1.98 bits per heavy atom. The van der Waals surface area contributed by atoms with E-state index in [1.54, 1.807) is 0 Å². The maximum absolute atomic E-state index is 9.60. The number of fused-ring (bicyclic) bond motifs is 9. The molecule has 2 heteroatoms. The Morgan fingerprint density at radius 2 is 1.27 bits per heavy atom. The average molecular weight is 526 g/mol. The van der Waals surface area contributed by atoms with Crippen molar-refractivity contribution in [2.24, 2.45) is 0 Å². The van der Waals surface area contributed by atoms with Gasteiger partial charge in [-0.05, 0) is 75.2 Å². The molecule has 2 aliphatic carbocycles. The van der Waals surface area contributed by atoms with E-state index in [0.29, 0.717) is 5.56 Å². The fourth-order valence-electron chi connectivity index (χ4n) is 7.33. The van der Waals surface area contributed by atoms with Crippen molar-refractivity contribution in [3.05, 3.63) is 161 Å². The van der Waals surface area contributed by atoms with Gasteiger partial charge in [-0.2, -0.15) is 5.26 Å². The standard InChI is InChI=1S/C39H27NO/c1-38-23-9-8-16-37(38)39(33-14-6-4-12-31(33)32-13-5-7-15-34(32)39)35-24-28(21-22-36(35)41-38)26-17-19-27(20-18-26)30-11-3-2-10-29(30)25-40/h2-22,24H,23H2,1H3. The molecule has 0 saturated carbocycles. The highest BCUT2D eigenvalue weighted by molar-refractivity contribution is 5.89. The van der Waals surface area contributed by atoms with Gasteiger partial charge in [-0.1, -0.05) is 115 Å². The lowest BCUT2D eigenvalue weighted by atomic mass is 9.59. The summed E-state index contributed by atoms with van der Waals surface area (Å²) in [7, 11) is 0. The summed E-state index contributed by atoms with van der Waals surface area (Å²) in [6.07, 6.45) is 7.53. The fourth-order valence-corrected chi connectivity index (χ4v) is 7.33. The van der Waals surface area contributed by atoms with E-state index in [9.17, 15) is 5.26 Å². The van der Waals surface area contributed by atoms with E-state index in [2.05, 4.69) is 122 Å². The van der Waals surface area contributed by atoms with Crippen molar-refractivity contribution in [3.8, 4) is 45.2 Å². The van der Waals surface area contributed by atoms with Crippen molar-refractivity contribution in [1.82, 2.24) is 0 Å². The Morgan fingerprint density at radius 1 is 0.659 bits per heavy atom. The summed E-state index contributed by atoms with van der Waals surface area (Å²) in [5, 5.41) is 9.60. The number of nitriles is 1. The van der Waals surface area contributed by atoms with Gasteiger partial charge in [-0.3, -0.25) is 0 Å². The van der Waals surface area contributed by atoms with Crippen LogP contribution in [-0.2, 0) is 5.41 Å². The number of rotatable bonds is 2. The van der Waals surface area contributed by atoms with Gasteiger partial charge in [0.25, 0.3) is 0 Å². The molecule has 1 atom stereocenters. The summed E-state index contributed by atoms with van der Waals surface area (Å²) in [5.74, 6) is 0.940. The minimum Gasteiger partial charge on any atom is -0.482 e. The Labute approximate surface area is 240 Å². The summed E-state index contributed by atoms with van der Waals surface area (Å²) in [5.41, 5.74) is 11.8. The van der Waals surface area contributed by atoms with Crippen LogP contribution in [0, 0.1) is 11.3 Å². The molecular formula is C39H27NO. The molecule has 0 bridgehead atoms. The third-order valence-electron chi connectivity index (χ3n) is 9.13. The summed E-state index contributed by atoms with van der Waals surface area (Å²) in [6.45, 7) is 2.24. The first-order valence-corrected chi connectivity index (χ1v) is 14.1. The van der Waals surface area contributed by atoms with E-state index in [0.717, 1.165) is 34.4 Å². The molecule has 5 aromatic carbocycles. The van der Waals surface area contributed by atoms with Gasteiger partial charge in [0, 0.05) is 12.0 Å². The van der Waals surface area contributed by atoms with E-state index in [-0.39, 0.29) is 0 Å². The van der Waals surface area contributed by atoms with Crippen molar-refractivity contribution in [2.45, 2.75) is 24.4 Å². The zero-order valence-corrected chi connectivity index (χ0v) is 22.8. The molecule has 0 saturated heterocycles. The largest absolute Gasteiger partial charge is 0.482 e. The Hall–Kier alpha value is -5.13. The maximum atomic E-state index is 9.60. The molecule has 0 N–H and O–H groups in total. The fraction of sp³-hybridized carbons (Fsp3) is 0.103. The molecule has 5 aromatic rings. The highest BCUT2D eigenvalue weighted by Gasteiger charge is 2.57. The van der Waals surface area contributed by atoms with Gasteiger partial charge in [0.05, 0.1) is 17.0 Å². The number of hydrogen-bond acceptors (Lipinski definition) is 2. The average Bonchev–Trinajstić information content (AvgIpc) is 3.32. The molecule has 1 aliphatic heterocycles. The van der Waals surface area contributed by atoms with Gasteiger partial charge in [0.1, 0.15) is 11.4 Å². The van der Waals surface area contributed by atoms with Crippen molar-refractivity contribution in [3.63, 3.8) is 0 Å². The SMILES string of the molecule is CC12CC=CC=C1C1(c3cc(-c4ccc(-c5ccccc5C#N)cc4)ccc3O2)c2ccccc2-c2ccccc21. The molecule has 194 valence electrons. The maximum Gasteiger partial charge on any atom is 0.132 e. The van der Waals surface area contributed by atoms with Crippen LogP contribution in [0.3, 0.4) is 0 Å². The zero-order valence-electron chi connectivity index (χ0n) is 22.8. The van der Waals surface area contributed by atoms with Gasteiger partial charge in [0.2, 0.25) is 0 Å². The van der Waals surface area contributed by atoms with Gasteiger partial charge in [0.15, 0.2) is 0 Å². The first-order valence-electron chi connectivity index (χ1n) is 14.1. The van der Waals surface area contributed by atoms with Crippen LogP contribution in [0.15, 0.2) is 139 Å². The highest BCUT2D eigenvalue weighted by atomic mass is 16.5. The van der Waals surface area contributed by atoms with Crippen molar-refractivity contribution in [2.75, 3.05) is 0 Å². The predicted molar refractivity (Wildman–Crippen MR) is 165 cm³/mol. The minimum absolute atomic E-state index is 0.441. The van der Waals surface area contributed by atoms with Gasteiger partial charge in [-0.15, -0.1) is 0 Å². The van der Waals surface area contributed by atoms with Crippen LogP contribution < -0.4 is 4.74 Å². The number of benzene rings is 5. The van der Waals surface area contributed by atoms with E-state index >= 15 is 0 Å². The summed E-state index contributed by atoms with van der Waals surface area (Å²) in [4.78, 5) is 0. The zero-order chi connectivity index (χ0) is 27.6. The molecule has 1 unspecified atom stereocenters. The molecular weight excluding hydrogens is 498 g/mol. The Bertz CT molecular complexity index is 1920. The molecule has 0 aromatic heterocycles. The molecule has 8 rings (SSSR count). The van der Waals surface area contributed by atoms with Crippen LogP contribution in [0.4, 0.5) is 0 Å². The van der Waals surface area contributed by atoms with Crippen molar-refractivity contribution >= 4 is 0 Å². The Kier molecular flexibility index (Phi) is 5.03.